The molecule has 120 valence electrons. The Balaban J connectivity index is 3.01. The standard InChI is InChI=1S/C13H12ClF3N2O2S/c14-12-5-2-1-4-11(12)6-9-22(20,21)19(8-3-7-18)10-13(15,16)17/h1-2,4-6,9H,3,8,10H2. The van der Waals surface area contributed by atoms with Crippen LogP contribution in [0.4, 0.5) is 13.2 Å². The third-order valence-corrected chi connectivity index (χ3v) is 4.37. The Morgan fingerprint density at radius 1 is 1.32 bits per heavy atom. The molecule has 0 aliphatic heterocycles. The van der Waals surface area contributed by atoms with Crippen LogP contribution in [0.2, 0.25) is 5.02 Å². The molecule has 0 bridgehead atoms. The summed E-state index contributed by atoms with van der Waals surface area (Å²) in [4.78, 5) is 0. The second-order valence-electron chi connectivity index (χ2n) is 4.23. The van der Waals surface area contributed by atoms with E-state index in [-0.39, 0.29) is 15.7 Å². The predicted octanol–water partition coefficient (Wildman–Crippen LogP) is 3.42. The zero-order valence-corrected chi connectivity index (χ0v) is 12.8. The minimum Gasteiger partial charge on any atom is -0.208 e. The van der Waals surface area contributed by atoms with Gasteiger partial charge in [0.25, 0.3) is 0 Å². The zero-order valence-electron chi connectivity index (χ0n) is 11.2. The van der Waals surface area contributed by atoms with Crippen LogP contribution in [0.3, 0.4) is 0 Å². The van der Waals surface area contributed by atoms with Gasteiger partial charge in [-0.15, -0.1) is 0 Å². The van der Waals surface area contributed by atoms with Gasteiger partial charge in [0, 0.05) is 23.4 Å². The molecule has 0 aliphatic carbocycles. The fraction of sp³-hybridized carbons (Fsp3) is 0.308. The Hall–Kier alpha value is -1.56. The van der Waals surface area contributed by atoms with Crippen LogP contribution in [-0.4, -0.2) is 32.0 Å². The molecule has 9 heteroatoms. The van der Waals surface area contributed by atoms with Gasteiger partial charge in [-0.1, -0.05) is 29.8 Å². The van der Waals surface area contributed by atoms with Crippen molar-refractivity contribution in [3.05, 3.63) is 40.3 Å². The summed E-state index contributed by atoms with van der Waals surface area (Å²) in [5, 5.41) is 9.36. The average Bonchev–Trinajstić information content (AvgIpc) is 2.41. The lowest BCUT2D eigenvalue weighted by Gasteiger charge is -2.20. The first kappa shape index (κ1) is 18.5. The van der Waals surface area contributed by atoms with Crippen LogP contribution in [0, 0.1) is 11.3 Å². The van der Waals surface area contributed by atoms with Crippen molar-refractivity contribution in [1.82, 2.24) is 4.31 Å². The molecule has 0 amide bonds. The monoisotopic (exact) mass is 352 g/mol. The van der Waals surface area contributed by atoms with Gasteiger partial charge in [-0.25, -0.2) is 8.42 Å². The van der Waals surface area contributed by atoms with E-state index in [0.717, 1.165) is 6.08 Å². The molecular weight excluding hydrogens is 341 g/mol. The number of sulfonamides is 1. The van der Waals surface area contributed by atoms with Crippen LogP contribution in [-0.2, 0) is 10.0 Å². The molecule has 0 fully saturated rings. The van der Waals surface area contributed by atoms with Crippen molar-refractivity contribution in [3.8, 4) is 6.07 Å². The molecule has 0 heterocycles. The van der Waals surface area contributed by atoms with Crippen molar-refractivity contribution >= 4 is 27.7 Å². The topological polar surface area (TPSA) is 61.2 Å². The lowest BCUT2D eigenvalue weighted by Crippen LogP contribution is -2.38. The average molecular weight is 353 g/mol. The SMILES string of the molecule is N#CCCN(CC(F)(F)F)S(=O)(=O)C=Cc1ccccc1Cl. The molecule has 0 aliphatic rings. The van der Waals surface area contributed by atoms with Gasteiger partial charge in [0.2, 0.25) is 10.0 Å². The lowest BCUT2D eigenvalue weighted by molar-refractivity contribution is -0.135. The van der Waals surface area contributed by atoms with Gasteiger partial charge >= 0.3 is 6.18 Å². The Kier molecular flexibility index (Phi) is 6.41. The van der Waals surface area contributed by atoms with Gasteiger partial charge < -0.3 is 0 Å². The predicted molar refractivity (Wildman–Crippen MR) is 77.3 cm³/mol. The van der Waals surface area contributed by atoms with Gasteiger partial charge in [0.15, 0.2) is 0 Å². The van der Waals surface area contributed by atoms with Crippen LogP contribution in [0.1, 0.15) is 12.0 Å². The van der Waals surface area contributed by atoms with E-state index in [0.29, 0.717) is 11.0 Å². The van der Waals surface area contributed by atoms with Crippen molar-refractivity contribution in [2.24, 2.45) is 0 Å². The molecule has 0 saturated carbocycles. The highest BCUT2D eigenvalue weighted by molar-refractivity contribution is 7.92. The summed E-state index contributed by atoms with van der Waals surface area (Å²) in [6.45, 7) is -2.19. The van der Waals surface area contributed by atoms with Crippen molar-refractivity contribution in [2.75, 3.05) is 13.1 Å². The number of nitrogens with zero attached hydrogens (tertiary/aromatic N) is 2. The summed E-state index contributed by atoms with van der Waals surface area (Å²) in [7, 11) is -4.32. The maximum Gasteiger partial charge on any atom is 0.402 e. The van der Waals surface area contributed by atoms with Crippen LogP contribution in [0.5, 0.6) is 0 Å². The first-order valence-corrected chi connectivity index (χ1v) is 7.90. The Morgan fingerprint density at radius 3 is 2.50 bits per heavy atom. The van der Waals surface area contributed by atoms with Crippen molar-refractivity contribution in [3.63, 3.8) is 0 Å². The number of benzene rings is 1. The highest BCUT2D eigenvalue weighted by atomic mass is 35.5. The van der Waals surface area contributed by atoms with E-state index in [4.69, 9.17) is 16.9 Å². The summed E-state index contributed by atoms with van der Waals surface area (Å²) in [5.74, 6) is 0. The Bertz CT molecular complexity index is 681. The van der Waals surface area contributed by atoms with Crippen molar-refractivity contribution in [1.29, 1.82) is 5.26 Å². The number of hydrogen-bond donors (Lipinski definition) is 0. The summed E-state index contributed by atoms with van der Waals surface area (Å²) < 4.78 is 61.6. The molecule has 0 N–H and O–H groups in total. The zero-order chi connectivity index (χ0) is 16.8. The Morgan fingerprint density at radius 2 is 1.95 bits per heavy atom. The number of alkyl halides is 3. The van der Waals surface area contributed by atoms with E-state index < -0.39 is 29.3 Å². The summed E-state index contributed by atoms with van der Waals surface area (Å²) in [6.07, 6.45) is -3.91. The maximum atomic E-state index is 12.5. The van der Waals surface area contributed by atoms with E-state index in [2.05, 4.69) is 0 Å². The molecule has 22 heavy (non-hydrogen) atoms. The minimum absolute atomic E-state index is 0.212. The normalized spacial score (nSPS) is 12.7. The molecule has 0 saturated heterocycles. The van der Waals surface area contributed by atoms with Gasteiger partial charge in [-0.05, 0) is 17.7 Å². The number of nitriles is 1. The quantitative estimate of drug-likeness (QED) is 0.788. The second-order valence-corrected chi connectivity index (χ2v) is 6.45. The number of rotatable bonds is 6. The molecule has 1 aromatic rings. The molecule has 1 rings (SSSR count). The van der Waals surface area contributed by atoms with Gasteiger partial charge in [0.1, 0.15) is 6.54 Å². The summed E-state index contributed by atoms with van der Waals surface area (Å²) in [5.41, 5.74) is 0.361. The third kappa shape index (κ3) is 6.05. The molecule has 0 unspecified atom stereocenters. The molecule has 0 spiro atoms. The van der Waals surface area contributed by atoms with E-state index in [1.54, 1.807) is 18.2 Å². The van der Waals surface area contributed by atoms with Crippen molar-refractivity contribution < 1.29 is 21.6 Å². The number of halogens is 4. The van der Waals surface area contributed by atoms with Gasteiger partial charge in [-0.3, -0.25) is 0 Å². The summed E-state index contributed by atoms with van der Waals surface area (Å²) >= 11 is 5.84. The highest BCUT2D eigenvalue weighted by Gasteiger charge is 2.35. The molecule has 4 nitrogen and oxygen atoms in total. The van der Waals surface area contributed by atoms with E-state index in [1.165, 1.54) is 12.1 Å². The highest BCUT2D eigenvalue weighted by Crippen LogP contribution is 2.21. The third-order valence-electron chi connectivity index (χ3n) is 2.51. The van der Waals surface area contributed by atoms with Crippen molar-refractivity contribution in [2.45, 2.75) is 12.6 Å². The van der Waals surface area contributed by atoms with E-state index in [9.17, 15) is 21.6 Å². The fourth-order valence-electron chi connectivity index (χ4n) is 1.53. The minimum atomic E-state index is -4.69. The molecule has 0 radical (unpaired) electrons. The van der Waals surface area contributed by atoms with Crippen LogP contribution >= 0.6 is 11.6 Å². The van der Waals surface area contributed by atoms with E-state index in [1.807, 2.05) is 0 Å². The first-order chi connectivity index (χ1) is 10.2. The second kappa shape index (κ2) is 7.63. The van der Waals surface area contributed by atoms with Crippen LogP contribution < -0.4 is 0 Å². The fourth-order valence-corrected chi connectivity index (χ4v) is 2.89. The van der Waals surface area contributed by atoms with E-state index >= 15 is 0 Å². The summed E-state index contributed by atoms with van der Waals surface area (Å²) in [6, 6.07) is 7.92. The molecule has 1 aromatic carbocycles. The largest absolute Gasteiger partial charge is 0.402 e. The smallest absolute Gasteiger partial charge is 0.208 e. The Labute approximate surface area is 131 Å². The van der Waals surface area contributed by atoms with Gasteiger partial charge in [0.05, 0.1) is 6.07 Å². The van der Waals surface area contributed by atoms with Crippen LogP contribution in [0.15, 0.2) is 29.7 Å². The lowest BCUT2D eigenvalue weighted by atomic mass is 10.2. The maximum absolute atomic E-state index is 12.5. The van der Waals surface area contributed by atoms with Crippen LogP contribution in [0.25, 0.3) is 6.08 Å². The molecule has 0 aromatic heterocycles. The number of hydrogen-bond acceptors (Lipinski definition) is 3. The van der Waals surface area contributed by atoms with Gasteiger partial charge in [-0.2, -0.15) is 22.7 Å². The molecule has 0 atom stereocenters. The first-order valence-electron chi connectivity index (χ1n) is 6.02. The molecular formula is C13H12ClF3N2O2S.